The molecule has 1 aliphatic heterocycles. The maximum atomic E-state index is 12.2. The fourth-order valence-corrected chi connectivity index (χ4v) is 2.42. The number of methoxy groups -OCH3 is 2. The summed E-state index contributed by atoms with van der Waals surface area (Å²) in [6.45, 7) is 0.584. The molecule has 5 nitrogen and oxygen atoms in total. The van der Waals surface area contributed by atoms with Crippen LogP contribution in [0.2, 0.25) is 0 Å². The quantitative estimate of drug-likeness (QED) is 0.627. The summed E-state index contributed by atoms with van der Waals surface area (Å²) in [5.74, 6) is 0.208. The van der Waals surface area contributed by atoms with Crippen LogP contribution in [0.5, 0.6) is 5.75 Å². The van der Waals surface area contributed by atoms with Crippen LogP contribution in [0.1, 0.15) is 18.4 Å². The van der Waals surface area contributed by atoms with Crippen molar-refractivity contribution in [2.24, 2.45) is 0 Å². The Morgan fingerprint density at radius 2 is 2.14 bits per heavy atom. The van der Waals surface area contributed by atoms with Gasteiger partial charge in [-0.15, -0.1) is 0 Å². The number of nitrogens with zero attached hydrogens (tertiary/aromatic N) is 1. The largest absolute Gasteiger partial charge is 0.497 e. The Morgan fingerprint density at radius 3 is 2.86 bits per heavy atom. The fraction of sp³-hybridized carbons (Fsp3) is 0.375. The number of esters is 1. The van der Waals surface area contributed by atoms with Gasteiger partial charge in [0.15, 0.2) is 0 Å². The molecule has 21 heavy (non-hydrogen) atoms. The minimum absolute atomic E-state index is 0.175. The van der Waals surface area contributed by atoms with E-state index in [2.05, 4.69) is 0 Å². The molecule has 0 aromatic heterocycles. The lowest BCUT2D eigenvalue weighted by Gasteiger charge is -2.20. The van der Waals surface area contributed by atoms with E-state index in [9.17, 15) is 9.59 Å². The van der Waals surface area contributed by atoms with Crippen molar-refractivity contribution in [1.29, 1.82) is 0 Å². The predicted octanol–water partition coefficient (Wildman–Crippen LogP) is 1.87. The van der Waals surface area contributed by atoms with E-state index in [-0.39, 0.29) is 11.9 Å². The average molecular weight is 289 g/mol. The number of carbonyl (C=O) groups excluding carboxylic acids is 2. The summed E-state index contributed by atoms with van der Waals surface area (Å²) in [6.07, 6.45) is 4.68. The van der Waals surface area contributed by atoms with Gasteiger partial charge in [0, 0.05) is 12.6 Å². The lowest BCUT2D eigenvalue weighted by Crippen LogP contribution is -2.40. The molecule has 0 radical (unpaired) electrons. The third-order valence-corrected chi connectivity index (χ3v) is 3.52. The Labute approximate surface area is 124 Å². The minimum atomic E-state index is -0.461. The highest BCUT2D eigenvalue weighted by Gasteiger charge is 2.33. The number of amides is 1. The molecular formula is C16H19NO4. The SMILES string of the molecule is COC(=O)C1CCCN1C(=O)/C=C/c1cccc(OC)c1. The Balaban J connectivity index is 2.06. The van der Waals surface area contributed by atoms with Gasteiger partial charge >= 0.3 is 5.97 Å². The third kappa shape index (κ3) is 3.62. The van der Waals surface area contributed by atoms with Gasteiger partial charge in [-0.25, -0.2) is 4.79 Å². The summed E-state index contributed by atoms with van der Waals surface area (Å²) in [5, 5.41) is 0. The Bertz CT molecular complexity index is 553. The van der Waals surface area contributed by atoms with Crippen molar-refractivity contribution in [3.05, 3.63) is 35.9 Å². The molecular weight excluding hydrogens is 270 g/mol. The van der Waals surface area contributed by atoms with Gasteiger partial charge in [0.2, 0.25) is 5.91 Å². The first kappa shape index (κ1) is 15.1. The summed E-state index contributed by atoms with van der Waals surface area (Å²) >= 11 is 0. The van der Waals surface area contributed by atoms with E-state index >= 15 is 0 Å². The van der Waals surface area contributed by atoms with E-state index in [1.54, 1.807) is 18.1 Å². The summed E-state index contributed by atoms with van der Waals surface area (Å²) in [6, 6.07) is 6.96. The lowest BCUT2D eigenvalue weighted by molar-refractivity contribution is -0.149. The van der Waals surface area contributed by atoms with Crippen LogP contribution in [-0.4, -0.2) is 43.6 Å². The lowest BCUT2D eigenvalue weighted by atomic mass is 10.2. The van der Waals surface area contributed by atoms with Crippen LogP contribution in [0.15, 0.2) is 30.3 Å². The molecule has 1 atom stereocenters. The van der Waals surface area contributed by atoms with E-state index in [0.29, 0.717) is 13.0 Å². The number of hydrogen-bond donors (Lipinski definition) is 0. The molecule has 1 aliphatic rings. The van der Waals surface area contributed by atoms with Gasteiger partial charge in [-0.05, 0) is 36.6 Å². The van der Waals surface area contributed by atoms with Crippen molar-refractivity contribution in [1.82, 2.24) is 4.90 Å². The highest BCUT2D eigenvalue weighted by Crippen LogP contribution is 2.19. The predicted molar refractivity (Wildman–Crippen MR) is 78.8 cm³/mol. The van der Waals surface area contributed by atoms with Crippen LogP contribution in [0.4, 0.5) is 0 Å². The molecule has 1 unspecified atom stereocenters. The van der Waals surface area contributed by atoms with Gasteiger partial charge in [0.25, 0.3) is 0 Å². The molecule has 112 valence electrons. The fourth-order valence-electron chi connectivity index (χ4n) is 2.42. The Hall–Kier alpha value is -2.30. The van der Waals surface area contributed by atoms with E-state index < -0.39 is 6.04 Å². The number of ether oxygens (including phenoxy) is 2. The van der Waals surface area contributed by atoms with Gasteiger partial charge in [-0.3, -0.25) is 4.79 Å². The molecule has 0 spiro atoms. The van der Waals surface area contributed by atoms with E-state index in [4.69, 9.17) is 9.47 Å². The van der Waals surface area contributed by atoms with Crippen molar-refractivity contribution in [3.8, 4) is 5.75 Å². The van der Waals surface area contributed by atoms with Crippen LogP contribution >= 0.6 is 0 Å². The zero-order valence-electron chi connectivity index (χ0n) is 12.2. The number of carbonyl (C=O) groups is 2. The monoisotopic (exact) mass is 289 g/mol. The number of benzene rings is 1. The molecule has 0 bridgehead atoms. The van der Waals surface area contributed by atoms with Gasteiger partial charge in [0.05, 0.1) is 14.2 Å². The zero-order valence-corrected chi connectivity index (χ0v) is 12.2. The first-order chi connectivity index (χ1) is 10.2. The van der Waals surface area contributed by atoms with E-state index in [1.807, 2.05) is 24.3 Å². The minimum Gasteiger partial charge on any atom is -0.497 e. The molecule has 1 heterocycles. The van der Waals surface area contributed by atoms with Crippen LogP contribution in [-0.2, 0) is 14.3 Å². The summed E-state index contributed by atoms with van der Waals surface area (Å²) in [5.41, 5.74) is 0.872. The van der Waals surface area contributed by atoms with Gasteiger partial charge < -0.3 is 14.4 Å². The molecule has 1 aromatic carbocycles. The van der Waals surface area contributed by atoms with Crippen molar-refractivity contribution < 1.29 is 19.1 Å². The first-order valence-electron chi connectivity index (χ1n) is 6.86. The van der Waals surface area contributed by atoms with E-state index in [0.717, 1.165) is 17.7 Å². The molecule has 0 saturated carbocycles. The van der Waals surface area contributed by atoms with Crippen molar-refractivity contribution >= 4 is 18.0 Å². The second-order valence-electron chi connectivity index (χ2n) is 4.82. The Kier molecular flexibility index (Phi) is 4.98. The Morgan fingerprint density at radius 1 is 1.33 bits per heavy atom. The normalized spacial score (nSPS) is 18.0. The number of hydrogen-bond acceptors (Lipinski definition) is 4. The van der Waals surface area contributed by atoms with Crippen molar-refractivity contribution in [3.63, 3.8) is 0 Å². The first-order valence-corrected chi connectivity index (χ1v) is 6.86. The number of rotatable bonds is 4. The maximum absolute atomic E-state index is 12.2. The second-order valence-corrected chi connectivity index (χ2v) is 4.82. The standard InChI is InChI=1S/C16H19NO4/c1-20-13-6-3-5-12(11-13)8-9-15(18)17-10-4-7-14(17)16(19)21-2/h3,5-6,8-9,11,14H,4,7,10H2,1-2H3/b9-8+. The molecule has 1 amide bonds. The molecule has 1 aromatic rings. The average Bonchev–Trinajstić information content (AvgIpc) is 3.01. The van der Waals surface area contributed by atoms with Gasteiger partial charge in [-0.1, -0.05) is 12.1 Å². The zero-order chi connectivity index (χ0) is 15.2. The molecule has 0 aliphatic carbocycles. The highest BCUT2D eigenvalue weighted by atomic mass is 16.5. The van der Waals surface area contributed by atoms with Crippen LogP contribution < -0.4 is 4.74 Å². The van der Waals surface area contributed by atoms with Gasteiger partial charge in [0.1, 0.15) is 11.8 Å². The highest BCUT2D eigenvalue weighted by molar-refractivity contribution is 5.95. The summed E-state index contributed by atoms with van der Waals surface area (Å²) in [4.78, 5) is 25.4. The van der Waals surface area contributed by atoms with Crippen LogP contribution in [0.25, 0.3) is 6.08 Å². The second kappa shape index (κ2) is 6.92. The summed E-state index contributed by atoms with van der Waals surface area (Å²) in [7, 11) is 2.94. The van der Waals surface area contributed by atoms with E-state index in [1.165, 1.54) is 13.2 Å². The van der Waals surface area contributed by atoms with Crippen molar-refractivity contribution in [2.45, 2.75) is 18.9 Å². The molecule has 1 saturated heterocycles. The third-order valence-electron chi connectivity index (χ3n) is 3.52. The van der Waals surface area contributed by atoms with Crippen LogP contribution in [0.3, 0.4) is 0 Å². The molecule has 0 N–H and O–H groups in total. The maximum Gasteiger partial charge on any atom is 0.328 e. The van der Waals surface area contributed by atoms with Crippen LogP contribution in [0, 0.1) is 0 Å². The topological polar surface area (TPSA) is 55.8 Å². The van der Waals surface area contributed by atoms with Crippen molar-refractivity contribution in [2.75, 3.05) is 20.8 Å². The summed E-state index contributed by atoms with van der Waals surface area (Å²) < 4.78 is 9.87. The molecule has 2 rings (SSSR count). The van der Waals surface area contributed by atoms with Gasteiger partial charge in [-0.2, -0.15) is 0 Å². The molecule has 5 heteroatoms. The number of likely N-dealkylation sites (tertiary alicyclic amines) is 1. The smallest absolute Gasteiger partial charge is 0.328 e. The molecule has 1 fully saturated rings.